The zero-order valence-corrected chi connectivity index (χ0v) is 15.9. The summed E-state index contributed by atoms with van der Waals surface area (Å²) in [5.74, 6) is -0.0239. The smallest absolute Gasteiger partial charge is 0.220 e. The van der Waals surface area contributed by atoms with E-state index in [0.717, 1.165) is 17.7 Å². The summed E-state index contributed by atoms with van der Waals surface area (Å²) in [6.07, 6.45) is 2.28. The number of ketones is 1. The maximum atomic E-state index is 12.3. The molecular weight excluding hydrogens is 346 g/mol. The van der Waals surface area contributed by atoms with Crippen LogP contribution in [0.2, 0.25) is 0 Å². The Balaban J connectivity index is 1.60. The monoisotopic (exact) mass is 371 g/mol. The summed E-state index contributed by atoms with van der Waals surface area (Å²) in [6, 6.07) is 12.0. The minimum absolute atomic E-state index is 0.0369. The van der Waals surface area contributed by atoms with E-state index in [9.17, 15) is 9.59 Å². The molecule has 4 nitrogen and oxygen atoms in total. The van der Waals surface area contributed by atoms with Crippen LogP contribution >= 0.6 is 11.3 Å². The largest absolute Gasteiger partial charge is 0.381 e. The number of carbonyl (C=O) groups is 2. The van der Waals surface area contributed by atoms with Crippen molar-refractivity contribution >= 4 is 23.0 Å². The van der Waals surface area contributed by atoms with Crippen LogP contribution in [0.5, 0.6) is 0 Å². The molecule has 1 saturated heterocycles. The van der Waals surface area contributed by atoms with Crippen LogP contribution in [0.25, 0.3) is 0 Å². The highest BCUT2D eigenvalue weighted by Gasteiger charge is 2.35. The summed E-state index contributed by atoms with van der Waals surface area (Å²) in [7, 11) is 0. The SMILES string of the molecule is Cc1ccccc1C1(CNC(=O)CCC(=O)c2cccs2)CCOCC1. The molecule has 1 aromatic carbocycles. The van der Waals surface area contributed by atoms with Gasteiger partial charge in [-0.3, -0.25) is 9.59 Å². The lowest BCUT2D eigenvalue weighted by atomic mass is 9.72. The van der Waals surface area contributed by atoms with Crippen molar-refractivity contribution < 1.29 is 14.3 Å². The van der Waals surface area contributed by atoms with E-state index in [2.05, 4.69) is 30.4 Å². The van der Waals surface area contributed by atoms with Gasteiger partial charge in [-0.25, -0.2) is 0 Å². The second-order valence-electron chi connectivity index (χ2n) is 6.88. The Morgan fingerprint density at radius 3 is 2.58 bits per heavy atom. The van der Waals surface area contributed by atoms with Crippen LogP contribution < -0.4 is 5.32 Å². The number of ether oxygens (including phenoxy) is 1. The van der Waals surface area contributed by atoms with Gasteiger partial charge in [0.15, 0.2) is 5.78 Å². The molecule has 0 unspecified atom stereocenters. The molecule has 0 saturated carbocycles. The lowest BCUT2D eigenvalue weighted by molar-refractivity contribution is -0.121. The Morgan fingerprint density at radius 1 is 1.12 bits per heavy atom. The number of thiophene rings is 1. The number of Topliss-reactive ketones (excluding diaryl/α,β-unsaturated/α-hetero) is 1. The van der Waals surface area contributed by atoms with Crippen molar-refractivity contribution in [3.8, 4) is 0 Å². The van der Waals surface area contributed by atoms with Gasteiger partial charge in [0.2, 0.25) is 5.91 Å². The molecule has 1 fully saturated rings. The first-order valence-corrected chi connectivity index (χ1v) is 9.96. The van der Waals surface area contributed by atoms with Gasteiger partial charge in [-0.15, -0.1) is 11.3 Å². The molecule has 0 aliphatic carbocycles. The molecule has 0 bridgehead atoms. The molecule has 0 spiro atoms. The van der Waals surface area contributed by atoms with Crippen molar-refractivity contribution in [2.75, 3.05) is 19.8 Å². The molecule has 26 heavy (non-hydrogen) atoms. The van der Waals surface area contributed by atoms with E-state index < -0.39 is 0 Å². The fourth-order valence-electron chi connectivity index (χ4n) is 3.62. The molecule has 138 valence electrons. The molecule has 1 aromatic heterocycles. The van der Waals surface area contributed by atoms with Gasteiger partial charge in [-0.2, -0.15) is 0 Å². The van der Waals surface area contributed by atoms with Gasteiger partial charge in [-0.05, 0) is 42.3 Å². The molecule has 5 heteroatoms. The maximum Gasteiger partial charge on any atom is 0.220 e. The van der Waals surface area contributed by atoms with Crippen molar-refractivity contribution in [3.05, 3.63) is 57.8 Å². The number of benzene rings is 1. The first-order chi connectivity index (χ1) is 12.6. The van der Waals surface area contributed by atoms with E-state index in [1.165, 1.54) is 22.5 Å². The zero-order valence-electron chi connectivity index (χ0n) is 15.1. The third-order valence-electron chi connectivity index (χ3n) is 5.17. The Bertz CT molecular complexity index is 748. The van der Waals surface area contributed by atoms with Crippen LogP contribution in [0.4, 0.5) is 0 Å². The highest BCUT2D eigenvalue weighted by molar-refractivity contribution is 7.12. The lowest BCUT2D eigenvalue weighted by Gasteiger charge is -2.39. The summed E-state index contributed by atoms with van der Waals surface area (Å²) in [6.45, 7) is 4.13. The predicted octanol–water partition coefficient (Wildman–Crippen LogP) is 3.88. The summed E-state index contributed by atoms with van der Waals surface area (Å²) in [4.78, 5) is 25.1. The van der Waals surface area contributed by atoms with Crippen LogP contribution in [0, 0.1) is 6.92 Å². The quantitative estimate of drug-likeness (QED) is 0.752. The minimum Gasteiger partial charge on any atom is -0.381 e. The Labute approximate surface area is 158 Å². The lowest BCUT2D eigenvalue weighted by Crippen LogP contribution is -2.45. The highest BCUT2D eigenvalue weighted by atomic mass is 32.1. The summed E-state index contributed by atoms with van der Waals surface area (Å²) >= 11 is 1.42. The van der Waals surface area contributed by atoms with Gasteiger partial charge in [0, 0.05) is 38.0 Å². The molecule has 1 amide bonds. The van der Waals surface area contributed by atoms with Gasteiger partial charge in [0.25, 0.3) is 0 Å². The fourth-order valence-corrected chi connectivity index (χ4v) is 4.31. The topological polar surface area (TPSA) is 55.4 Å². The van der Waals surface area contributed by atoms with Gasteiger partial charge in [-0.1, -0.05) is 30.3 Å². The molecule has 0 atom stereocenters. The molecule has 0 radical (unpaired) electrons. The zero-order chi connectivity index (χ0) is 18.4. The normalized spacial score (nSPS) is 16.2. The van der Waals surface area contributed by atoms with Gasteiger partial charge in [0.1, 0.15) is 0 Å². The van der Waals surface area contributed by atoms with E-state index in [1.54, 1.807) is 6.07 Å². The third-order valence-corrected chi connectivity index (χ3v) is 6.08. The Kier molecular flexibility index (Phi) is 6.22. The Hall–Kier alpha value is -1.98. The first-order valence-electron chi connectivity index (χ1n) is 9.08. The molecule has 1 aliphatic rings. The highest BCUT2D eigenvalue weighted by Crippen LogP contribution is 2.36. The summed E-state index contributed by atoms with van der Waals surface area (Å²) in [5.41, 5.74) is 2.45. The van der Waals surface area contributed by atoms with Crippen molar-refractivity contribution in [2.24, 2.45) is 0 Å². The molecular formula is C21H25NO3S. The van der Waals surface area contributed by atoms with Crippen LogP contribution in [-0.4, -0.2) is 31.4 Å². The van der Waals surface area contributed by atoms with Gasteiger partial charge < -0.3 is 10.1 Å². The number of hydrogen-bond donors (Lipinski definition) is 1. The summed E-state index contributed by atoms with van der Waals surface area (Å²) in [5, 5.41) is 4.96. The molecule has 2 aromatic rings. The Morgan fingerprint density at radius 2 is 1.88 bits per heavy atom. The number of amides is 1. The van der Waals surface area contributed by atoms with E-state index in [4.69, 9.17) is 4.74 Å². The maximum absolute atomic E-state index is 12.3. The van der Waals surface area contributed by atoms with Crippen LogP contribution in [-0.2, 0) is 14.9 Å². The summed E-state index contributed by atoms with van der Waals surface area (Å²) < 4.78 is 5.56. The third kappa shape index (κ3) is 4.40. The molecule has 2 heterocycles. The van der Waals surface area contributed by atoms with Gasteiger partial charge in [0.05, 0.1) is 4.88 Å². The standard InChI is InChI=1S/C21H25NO3S/c1-16-5-2-3-6-17(16)21(10-12-25-13-11-21)15-22-20(24)9-8-18(23)19-7-4-14-26-19/h2-7,14H,8-13,15H2,1H3,(H,22,24). The number of rotatable bonds is 7. The van der Waals surface area contributed by atoms with Crippen molar-refractivity contribution in [2.45, 2.75) is 38.0 Å². The van der Waals surface area contributed by atoms with E-state index in [0.29, 0.717) is 19.8 Å². The average Bonchev–Trinajstić information content (AvgIpc) is 3.20. The van der Waals surface area contributed by atoms with Crippen molar-refractivity contribution in [1.29, 1.82) is 0 Å². The number of nitrogens with one attached hydrogen (secondary N) is 1. The van der Waals surface area contributed by atoms with Crippen LogP contribution in [0.1, 0.15) is 46.5 Å². The molecule has 1 aliphatic heterocycles. The minimum atomic E-state index is -0.0863. The predicted molar refractivity (Wildman–Crippen MR) is 104 cm³/mol. The average molecular weight is 372 g/mol. The van der Waals surface area contributed by atoms with Crippen LogP contribution in [0.3, 0.4) is 0 Å². The van der Waals surface area contributed by atoms with Crippen molar-refractivity contribution in [3.63, 3.8) is 0 Å². The van der Waals surface area contributed by atoms with E-state index >= 15 is 0 Å². The van der Waals surface area contributed by atoms with Crippen LogP contribution in [0.15, 0.2) is 41.8 Å². The van der Waals surface area contributed by atoms with E-state index in [-0.39, 0.29) is 29.9 Å². The molecule has 1 N–H and O–H groups in total. The number of hydrogen-bond acceptors (Lipinski definition) is 4. The van der Waals surface area contributed by atoms with E-state index in [1.807, 2.05) is 17.5 Å². The first kappa shape index (κ1) is 18.8. The number of aryl methyl sites for hydroxylation is 1. The molecule has 3 rings (SSSR count). The second-order valence-corrected chi connectivity index (χ2v) is 7.83. The van der Waals surface area contributed by atoms with Gasteiger partial charge >= 0.3 is 0 Å². The van der Waals surface area contributed by atoms with Crippen molar-refractivity contribution in [1.82, 2.24) is 5.32 Å². The number of carbonyl (C=O) groups excluding carboxylic acids is 2. The second kappa shape index (κ2) is 8.60. The fraction of sp³-hybridized carbons (Fsp3) is 0.429.